The highest BCUT2D eigenvalue weighted by Gasteiger charge is 2.25. The molecule has 1 aliphatic heterocycles. The van der Waals surface area contributed by atoms with E-state index in [1.165, 1.54) is 11.1 Å². The Kier molecular flexibility index (Phi) is 2.39. The van der Waals surface area contributed by atoms with Crippen molar-refractivity contribution in [3.05, 3.63) is 35.1 Å². The van der Waals surface area contributed by atoms with Crippen molar-refractivity contribution in [2.75, 3.05) is 6.54 Å². The van der Waals surface area contributed by atoms with Gasteiger partial charge in [-0.25, -0.2) is 4.39 Å². The molecule has 2 atom stereocenters. The molecule has 0 bridgehead atoms. The molecule has 0 saturated carbocycles. The number of halogens is 1. The van der Waals surface area contributed by atoms with Gasteiger partial charge in [-0.15, -0.1) is 0 Å². The molecule has 2 aliphatic rings. The van der Waals surface area contributed by atoms with Crippen LogP contribution in [0.1, 0.15) is 17.5 Å². The van der Waals surface area contributed by atoms with Crippen LogP contribution in [0.2, 0.25) is 0 Å². The lowest BCUT2D eigenvalue weighted by Gasteiger charge is -2.14. The molecule has 3 heteroatoms. The summed E-state index contributed by atoms with van der Waals surface area (Å²) in [5.74, 6) is 0.540. The van der Waals surface area contributed by atoms with Crippen molar-refractivity contribution in [1.82, 2.24) is 5.32 Å². The Bertz CT molecular complexity index is 420. The van der Waals surface area contributed by atoms with Gasteiger partial charge in [-0.2, -0.15) is 0 Å². The molecule has 0 aromatic heterocycles. The summed E-state index contributed by atoms with van der Waals surface area (Å²) in [6, 6.07) is 5.68. The zero-order valence-electron chi connectivity index (χ0n) is 9.12. The SMILES string of the molecule is Fc1ccc2c(c1)C[C@H](C[C@@H]1CN=CN1)C2. The van der Waals surface area contributed by atoms with Crippen molar-refractivity contribution in [2.45, 2.75) is 25.3 Å². The zero-order chi connectivity index (χ0) is 11.0. The first-order chi connectivity index (χ1) is 7.81. The van der Waals surface area contributed by atoms with Crippen LogP contribution in [0.3, 0.4) is 0 Å². The maximum absolute atomic E-state index is 13.1. The molecular formula is C13H15FN2. The van der Waals surface area contributed by atoms with Gasteiger partial charge in [0.15, 0.2) is 0 Å². The fourth-order valence-corrected chi connectivity index (χ4v) is 2.78. The molecule has 1 aromatic carbocycles. The fraction of sp³-hybridized carbons (Fsp3) is 0.462. The molecule has 1 N–H and O–H groups in total. The maximum Gasteiger partial charge on any atom is 0.123 e. The van der Waals surface area contributed by atoms with Crippen LogP contribution in [-0.2, 0) is 12.8 Å². The Hall–Kier alpha value is -1.38. The van der Waals surface area contributed by atoms with Crippen molar-refractivity contribution in [2.24, 2.45) is 10.9 Å². The second-order valence-electron chi connectivity index (χ2n) is 4.78. The van der Waals surface area contributed by atoms with E-state index in [0.29, 0.717) is 12.0 Å². The summed E-state index contributed by atoms with van der Waals surface area (Å²) in [6.07, 6.45) is 5.04. The topological polar surface area (TPSA) is 24.4 Å². The van der Waals surface area contributed by atoms with E-state index in [2.05, 4.69) is 10.3 Å². The Morgan fingerprint density at radius 3 is 3.00 bits per heavy atom. The molecule has 0 fully saturated rings. The van der Waals surface area contributed by atoms with Gasteiger partial charge in [0.1, 0.15) is 5.82 Å². The standard InChI is InChI=1S/C13H15FN2/c14-12-2-1-10-3-9(4-11(10)6-12)5-13-7-15-8-16-13/h1-2,6,8-9,13H,3-5,7H2,(H,15,16)/t9-,13-/m1/s1. The van der Waals surface area contributed by atoms with E-state index in [-0.39, 0.29) is 5.82 Å². The van der Waals surface area contributed by atoms with Crippen molar-refractivity contribution in [3.63, 3.8) is 0 Å². The lowest BCUT2D eigenvalue weighted by molar-refractivity contribution is 0.444. The fourth-order valence-electron chi connectivity index (χ4n) is 2.78. The van der Waals surface area contributed by atoms with Crippen LogP contribution in [0, 0.1) is 11.7 Å². The lowest BCUT2D eigenvalue weighted by atomic mass is 9.97. The molecular weight excluding hydrogens is 203 g/mol. The highest BCUT2D eigenvalue weighted by molar-refractivity contribution is 5.57. The van der Waals surface area contributed by atoms with Crippen LogP contribution in [0.5, 0.6) is 0 Å². The second kappa shape index (κ2) is 3.89. The predicted octanol–water partition coefficient (Wildman–Crippen LogP) is 1.93. The average molecular weight is 218 g/mol. The van der Waals surface area contributed by atoms with Crippen LogP contribution in [0.25, 0.3) is 0 Å². The summed E-state index contributed by atoms with van der Waals surface area (Å²) in [5, 5.41) is 3.26. The molecule has 2 nitrogen and oxygen atoms in total. The summed E-state index contributed by atoms with van der Waals surface area (Å²) in [6.45, 7) is 0.890. The van der Waals surface area contributed by atoms with E-state index in [9.17, 15) is 4.39 Å². The van der Waals surface area contributed by atoms with Crippen molar-refractivity contribution >= 4 is 6.34 Å². The monoisotopic (exact) mass is 218 g/mol. The third kappa shape index (κ3) is 1.82. The predicted molar refractivity (Wildman–Crippen MR) is 62.2 cm³/mol. The summed E-state index contributed by atoms with van der Waals surface area (Å²) < 4.78 is 13.1. The smallest absolute Gasteiger partial charge is 0.123 e. The van der Waals surface area contributed by atoms with Crippen LogP contribution < -0.4 is 5.32 Å². The number of fused-ring (bicyclic) bond motifs is 1. The molecule has 1 aromatic rings. The molecule has 0 saturated heterocycles. The first-order valence-electron chi connectivity index (χ1n) is 5.83. The van der Waals surface area contributed by atoms with E-state index < -0.39 is 0 Å². The van der Waals surface area contributed by atoms with Crippen LogP contribution >= 0.6 is 0 Å². The molecule has 3 rings (SSSR count). The third-order valence-corrected chi connectivity index (χ3v) is 3.53. The normalized spacial score (nSPS) is 26.8. The largest absolute Gasteiger partial charge is 0.372 e. The minimum absolute atomic E-state index is 0.110. The Morgan fingerprint density at radius 2 is 2.19 bits per heavy atom. The summed E-state index contributed by atoms with van der Waals surface area (Å²) in [7, 11) is 0. The summed E-state index contributed by atoms with van der Waals surface area (Å²) >= 11 is 0. The van der Waals surface area contributed by atoms with Crippen LogP contribution in [-0.4, -0.2) is 18.9 Å². The van der Waals surface area contributed by atoms with Crippen LogP contribution in [0.15, 0.2) is 23.2 Å². The number of nitrogens with zero attached hydrogens (tertiary/aromatic N) is 1. The number of hydrogen-bond donors (Lipinski definition) is 1. The van der Waals surface area contributed by atoms with Gasteiger partial charge in [-0.05, 0) is 48.4 Å². The molecule has 0 amide bonds. The van der Waals surface area contributed by atoms with E-state index in [4.69, 9.17) is 0 Å². The van der Waals surface area contributed by atoms with E-state index in [1.807, 2.05) is 6.07 Å². The first kappa shape index (κ1) is 9.82. The minimum atomic E-state index is -0.110. The van der Waals surface area contributed by atoms with Gasteiger partial charge in [0.25, 0.3) is 0 Å². The molecule has 84 valence electrons. The van der Waals surface area contributed by atoms with Gasteiger partial charge in [-0.3, -0.25) is 4.99 Å². The Labute approximate surface area is 94.6 Å². The van der Waals surface area contributed by atoms with Crippen LogP contribution in [0.4, 0.5) is 4.39 Å². The summed E-state index contributed by atoms with van der Waals surface area (Å²) in [4.78, 5) is 4.17. The Balaban J connectivity index is 1.66. The van der Waals surface area contributed by atoms with Crippen molar-refractivity contribution < 1.29 is 4.39 Å². The van der Waals surface area contributed by atoms with Gasteiger partial charge < -0.3 is 5.32 Å². The second-order valence-corrected chi connectivity index (χ2v) is 4.78. The number of benzene rings is 1. The number of rotatable bonds is 2. The lowest BCUT2D eigenvalue weighted by Crippen LogP contribution is -2.27. The van der Waals surface area contributed by atoms with E-state index >= 15 is 0 Å². The molecule has 0 radical (unpaired) electrons. The highest BCUT2D eigenvalue weighted by Crippen LogP contribution is 2.30. The zero-order valence-corrected chi connectivity index (χ0v) is 9.12. The summed E-state index contributed by atoms with van der Waals surface area (Å²) in [5.41, 5.74) is 2.52. The average Bonchev–Trinajstić information content (AvgIpc) is 2.86. The minimum Gasteiger partial charge on any atom is -0.372 e. The van der Waals surface area contributed by atoms with Crippen molar-refractivity contribution in [1.29, 1.82) is 0 Å². The maximum atomic E-state index is 13.1. The molecule has 1 heterocycles. The highest BCUT2D eigenvalue weighted by atomic mass is 19.1. The molecule has 1 aliphatic carbocycles. The van der Waals surface area contributed by atoms with E-state index in [1.54, 1.807) is 18.5 Å². The van der Waals surface area contributed by atoms with Crippen molar-refractivity contribution in [3.8, 4) is 0 Å². The molecule has 16 heavy (non-hydrogen) atoms. The van der Waals surface area contributed by atoms with Gasteiger partial charge in [0, 0.05) is 6.04 Å². The molecule has 0 spiro atoms. The number of hydrogen-bond acceptors (Lipinski definition) is 2. The van der Waals surface area contributed by atoms with Gasteiger partial charge in [0.05, 0.1) is 12.9 Å². The third-order valence-electron chi connectivity index (χ3n) is 3.53. The van der Waals surface area contributed by atoms with Gasteiger partial charge in [-0.1, -0.05) is 6.07 Å². The number of nitrogens with one attached hydrogen (secondary N) is 1. The Morgan fingerprint density at radius 1 is 1.31 bits per heavy atom. The first-order valence-corrected chi connectivity index (χ1v) is 5.83. The van der Waals surface area contributed by atoms with Gasteiger partial charge >= 0.3 is 0 Å². The van der Waals surface area contributed by atoms with E-state index in [0.717, 1.165) is 25.8 Å². The number of aliphatic imine (C=N–C) groups is 1. The quantitative estimate of drug-likeness (QED) is 0.806. The van der Waals surface area contributed by atoms with Gasteiger partial charge in [0.2, 0.25) is 0 Å². The molecule has 0 unspecified atom stereocenters.